The molecule has 8 heteroatoms. The summed E-state index contributed by atoms with van der Waals surface area (Å²) in [6.45, 7) is 1.87. The van der Waals surface area contributed by atoms with E-state index in [0.29, 0.717) is 24.8 Å². The molecule has 4 atom stereocenters. The first kappa shape index (κ1) is 19.9. The van der Waals surface area contributed by atoms with Crippen molar-refractivity contribution in [2.24, 2.45) is 17.8 Å². The fourth-order valence-corrected chi connectivity index (χ4v) is 8.67. The molecule has 5 rings (SSSR count). The molecule has 2 bridgehead atoms. The van der Waals surface area contributed by atoms with Crippen LogP contribution < -0.4 is 0 Å². The van der Waals surface area contributed by atoms with Gasteiger partial charge in [0, 0.05) is 43.4 Å². The standard InChI is InChI=1S/C21H31N3O3S2/c25-21(20-13-19(14-22-20)29(26,27)23-6-8-28-9-7-23)24-5-1-2-18(24)12-17-11-15-3-4-16(17)10-15/h13-18,22H,1-12H2. The van der Waals surface area contributed by atoms with Crippen molar-refractivity contribution in [1.82, 2.24) is 14.2 Å². The summed E-state index contributed by atoms with van der Waals surface area (Å²) in [5, 5.41) is 0. The maximum atomic E-state index is 13.2. The van der Waals surface area contributed by atoms with E-state index in [-0.39, 0.29) is 10.8 Å². The smallest absolute Gasteiger partial charge is 0.270 e. The molecule has 1 amide bonds. The molecule has 2 aliphatic carbocycles. The van der Waals surface area contributed by atoms with Crippen LogP contribution >= 0.6 is 11.8 Å². The molecular formula is C21H31N3O3S2. The van der Waals surface area contributed by atoms with Gasteiger partial charge in [-0.05, 0) is 62.3 Å². The molecule has 2 saturated carbocycles. The van der Waals surface area contributed by atoms with E-state index in [1.807, 2.05) is 4.90 Å². The van der Waals surface area contributed by atoms with Crippen LogP contribution in [0.15, 0.2) is 17.2 Å². The zero-order chi connectivity index (χ0) is 20.0. The Morgan fingerprint density at radius 1 is 1.14 bits per heavy atom. The molecule has 1 aromatic heterocycles. The summed E-state index contributed by atoms with van der Waals surface area (Å²) >= 11 is 1.78. The molecular weight excluding hydrogens is 406 g/mol. The average Bonchev–Trinajstić information content (AvgIpc) is 3.52. The van der Waals surface area contributed by atoms with Crippen LogP contribution in [0.25, 0.3) is 0 Å². The zero-order valence-electron chi connectivity index (χ0n) is 16.9. The van der Waals surface area contributed by atoms with Gasteiger partial charge in [-0.3, -0.25) is 4.79 Å². The number of carbonyl (C=O) groups excluding carboxylic acids is 1. The quantitative estimate of drug-likeness (QED) is 0.768. The Balaban J connectivity index is 1.28. The maximum absolute atomic E-state index is 13.2. The molecule has 160 valence electrons. The summed E-state index contributed by atoms with van der Waals surface area (Å²) in [4.78, 5) is 18.4. The molecule has 0 radical (unpaired) electrons. The number of nitrogens with zero attached hydrogens (tertiary/aromatic N) is 2. The molecule has 4 unspecified atom stereocenters. The number of carbonyl (C=O) groups is 1. The SMILES string of the molecule is O=C(c1cc(S(=O)(=O)N2CCSCC2)c[nH]1)N1CCCC1CC1CC2CCC1C2. The maximum Gasteiger partial charge on any atom is 0.270 e. The second-order valence-corrected chi connectivity index (χ2v) is 12.4. The van der Waals surface area contributed by atoms with Crippen LogP contribution in [0, 0.1) is 17.8 Å². The van der Waals surface area contributed by atoms with Gasteiger partial charge in [0.2, 0.25) is 10.0 Å². The molecule has 1 N–H and O–H groups in total. The fraction of sp³-hybridized carbons (Fsp3) is 0.762. The number of aromatic nitrogens is 1. The van der Waals surface area contributed by atoms with E-state index < -0.39 is 10.0 Å². The third-order valence-corrected chi connectivity index (χ3v) is 10.4. The number of rotatable bonds is 5. The summed E-state index contributed by atoms with van der Waals surface area (Å²) in [6, 6.07) is 1.86. The normalized spacial score (nSPS) is 32.9. The Morgan fingerprint density at radius 2 is 1.97 bits per heavy atom. The van der Waals surface area contributed by atoms with Crippen LogP contribution in [0.5, 0.6) is 0 Å². The predicted molar refractivity (Wildman–Crippen MR) is 114 cm³/mol. The number of amides is 1. The zero-order valence-corrected chi connectivity index (χ0v) is 18.5. The van der Waals surface area contributed by atoms with Gasteiger partial charge in [0.25, 0.3) is 5.91 Å². The lowest BCUT2D eigenvalue weighted by Crippen LogP contribution is -2.38. The lowest BCUT2D eigenvalue weighted by Gasteiger charge is -2.30. The van der Waals surface area contributed by atoms with Crippen molar-refractivity contribution in [3.8, 4) is 0 Å². The van der Waals surface area contributed by atoms with Crippen molar-refractivity contribution in [3.05, 3.63) is 18.0 Å². The van der Waals surface area contributed by atoms with E-state index >= 15 is 0 Å². The number of hydrogen-bond acceptors (Lipinski definition) is 4. The van der Waals surface area contributed by atoms with E-state index in [1.54, 1.807) is 17.8 Å². The van der Waals surface area contributed by atoms with E-state index in [2.05, 4.69) is 4.98 Å². The minimum absolute atomic E-state index is 0.0358. The molecule has 1 aromatic rings. The predicted octanol–water partition coefficient (Wildman–Crippen LogP) is 3.18. The molecule has 2 aliphatic heterocycles. The van der Waals surface area contributed by atoms with Crippen molar-refractivity contribution in [2.45, 2.75) is 55.9 Å². The van der Waals surface area contributed by atoms with Crippen molar-refractivity contribution >= 4 is 27.7 Å². The Bertz CT molecular complexity index is 862. The van der Waals surface area contributed by atoms with Gasteiger partial charge in [-0.15, -0.1) is 0 Å². The summed E-state index contributed by atoms with van der Waals surface area (Å²) in [6.07, 6.45) is 10.3. The highest BCUT2D eigenvalue weighted by molar-refractivity contribution is 7.99. The van der Waals surface area contributed by atoms with Gasteiger partial charge in [0.15, 0.2) is 0 Å². The molecule has 4 fully saturated rings. The van der Waals surface area contributed by atoms with Crippen molar-refractivity contribution in [3.63, 3.8) is 0 Å². The van der Waals surface area contributed by atoms with Crippen LogP contribution in [-0.4, -0.2) is 65.7 Å². The largest absolute Gasteiger partial charge is 0.356 e. The van der Waals surface area contributed by atoms with Crippen LogP contribution in [0.2, 0.25) is 0 Å². The number of hydrogen-bond donors (Lipinski definition) is 1. The highest BCUT2D eigenvalue weighted by Gasteiger charge is 2.42. The molecule has 0 aromatic carbocycles. The molecule has 29 heavy (non-hydrogen) atoms. The fourth-order valence-electron chi connectivity index (χ4n) is 6.10. The summed E-state index contributed by atoms with van der Waals surface area (Å²) in [7, 11) is -3.52. The lowest BCUT2D eigenvalue weighted by molar-refractivity contribution is 0.0702. The molecule has 2 saturated heterocycles. The lowest BCUT2D eigenvalue weighted by atomic mass is 9.83. The monoisotopic (exact) mass is 437 g/mol. The van der Waals surface area contributed by atoms with Gasteiger partial charge in [-0.25, -0.2) is 8.42 Å². The second kappa shape index (κ2) is 7.93. The molecule has 0 spiro atoms. The van der Waals surface area contributed by atoms with Crippen LogP contribution in [0.3, 0.4) is 0 Å². The number of nitrogens with one attached hydrogen (secondary N) is 1. The van der Waals surface area contributed by atoms with Crippen LogP contribution in [-0.2, 0) is 10.0 Å². The molecule has 6 nitrogen and oxygen atoms in total. The Kier molecular flexibility index (Phi) is 5.45. The van der Waals surface area contributed by atoms with Crippen molar-refractivity contribution < 1.29 is 13.2 Å². The summed E-state index contributed by atoms with van der Waals surface area (Å²) in [5.74, 6) is 4.21. The van der Waals surface area contributed by atoms with Gasteiger partial charge < -0.3 is 9.88 Å². The first-order chi connectivity index (χ1) is 14.0. The minimum Gasteiger partial charge on any atom is -0.356 e. The Labute approximate surface area is 177 Å². The van der Waals surface area contributed by atoms with Gasteiger partial charge in [-0.2, -0.15) is 16.1 Å². The number of H-pyrrole nitrogens is 1. The molecule has 3 heterocycles. The van der Waals surface area contributed by atoms with Gasteiger partial charge in [0.1, 0.15) is 10.6 Å². The summed E-state index contributed by atoms with van der Waals surface area (Å²) in [5.41, 5.74) is 0.412. The first-order valence-corrected chi connectivity index (χ1v) is 13.7. The number of sulfonamides is 1. The van der Waals surface area contributed by atoms with E-state index in [0.717, 1.165) is 55.1 Å². The highest BCUT2D eigenvalue weighted by atomic mass is 32.2. The first-order valence-electron chi connectivity index (χ1n) is 11.1. The van der Waals surface area contributed by atoms with Gasteiger partial charge in [0.05, 0.1) is 0 Å². The average molecular weight is 438 g/mol. The van der Waals surface area contributed by atoms with E-state index in [1.165, 1.54) is 36.2 Å². The highest BCUT2D eigenvalue weighted by Crippen LogP contribution is 2.50. The Hall–Kier alpha value is -0.990. The number of thioether (sulfide) groups is 1. The topological polar surface area (TPSA) is 73.5 Å². The van der Waals surface area contributed by atoms with E-state index in [4.69, 9.17) is 0 Å². The molecule has 4 aliphatic rings. The third kappa shape index (κ3) is 3.76. The second-order valence-electron chi connectivity index (χ2n) is 9.23. The van der Waals surface area contributed by atoms with Crippen molar-refractivity contribution in [2.75, 3.05) is 31.1 Å². The third-order valence-electron chi connectivity index (χ3n) is 7.59. The van der Waals surface area contributed by atoms with Gasteiger partial charge >= 0.3 is 0 Å². The minimum atomic E-state index is -3.52. The Morgan fingerprint density at radius 3 is 2.69 bits per heavy atom. The summed E-state index contributed by atoms with van der Waals surface area (Å²) < 4.78 is 27.3. The van der Waals surface area contributed by atoms with Gasteiger partial charge in [-0.1, -0.05) is 6.42 Å². The number of aromatic amines is 1. The number of likely N-dealkylation sites (tertiary alicyclic amines) is 1. The van der Waals surface area contributed by atoms with Crippen LogP contribution in [0.4, 0.5) is 0 Å². The van der Waals surface area contributed by atoms with Crippen molar-refractivity contribution in [1.29, 1.82) is 0 Å². The van der Waals surface area contributed by atoms with Crippen LogP contribution in [0.1, 0.15) is 55.4 Å². The number of fused-ring (bicyclic) bond motifs is 2. The van der Waals surface area contributed by atoms with E-state index in [9.17, 15) is 13.2 Å².